The largest absolute Gasteiger partial charge is 0.573 e. The van der Waals surface area contributed by atoms with Crippen LogP contribution in [0.4, 0.5) is 13.2 Å². The minimum absolute atomic E-state index is 0.0469. The summed E-state index contributed by atoms with van der Waals surface area (Å²) < 4.78 is 54.2. The van der Waals surface area contributed by atoms with E-state index in [1.54, 1.807) is 6.07 Å². The van der Waals surface area contributed by atoms with E-state index in [4.69, 9.17) is 26.8 Å². The van der Waals surface area contributed by atoms with E-state index in [2.05, 4.69) is 20.0 Å². The fourth-order valence-electron chi connectivity index (χ4n) is 4.97. The van der Waals surface area contributed by atoms with Crippen molar-refractivity contribution < 1.29 is 32.2 Å². The molecule has 4 atom stereocenters. The van der Waals surface area contributed by atoms with Crippen LogP contribution in [0.25, 0.3) is 0 Å². The van der Waals surface area contributed by atoms with E-state index < -0.39 is 11.9 Å². The number of pyridine rings is 1. The first-order valence-electron chi connectivity index (χ1n) is 10.6. The zero-order valence-electron chi connectivity index (χ0n) is 17.6. The molecule has 0 radical (unpaired) electrons. The number of rotatable bonds is 3. The zero-order chi connectivity index (χ0) is 24.1. The number of ether oxygens (including phenoxy) is 3. The predicted octanol–water partition coefficient (Wildman–Crippen LogP) is 3.53. The summed E-state index contributed by atoms with van der Waals surface area (Å²) in [6.45, 7) is 0.0469. The fourth-order valence-corrected chi connectivity index (χ4v) is 5.08. The minimum Gasteiger partial charge on any atom is -0.490 e. The van der Waals surface area contributed by atoms with Crippen LogP contribution in [-0.4, -0.2) is 42.0 Å². The first-order valence-corrected chi connectivity index (χ1v) is 11.0. The number of carbonyl (C=O) groups is 1. The van der Waals surface area contributed by atoms with Crippen molar-refractivity contribution in [3.63, 3.8) is 0 Å². The van der Waals surface area contributed by atoms with Gasteiger partial charge >= 0.3 is 6.36 Å². The third-order valence-electron chi connectivity index (χ3n) is 6.37. The van der Waals surface area contributed by atoms with Crippen LogP contribution >= 0.6 is 11.6 Å². The van der Waals surface area contributed by atoms with E-state index in [0.717, 1.165) is 0 Å². The first-order chi connectivity index (χ1) is 16.1. The van der Waals surface area contributed by atoms with Gasteiger partial charge < -0.3 is 25.3 Å². The molecule has 1 aromatic carbocycles. The van der Waals surface area contributed by atoms with Gasteiger partial charge in [0.1, 0.15) is 35.4 Å². The molecular weight excluding hydrogens is 477 g/mol. The number of aliphatic imine (C=N–C) groups is 1. The molecule has 1 fully saturated rings. The minimum atomic E-state index is -4.84. The lowest BCUT2D eigenvalue weighted by molar-refractivity contribution is -0.274. The van der Waals surface area contributed by atoms with Crippen LogP contribution in [0.1, 0.15) is 35.3 Å². The molecule has 34 heavy (non-hydrogen) atoms. The molecule has 1 aliphatic carbocycles. The first kappa shape index (κ1) is 22.6. The van der Waals surface area contributed by atoms with Crippen LogP contribution in [0, 0.1) is 5.92 Å². The SMILES string of the molecule is NC1=N[C@]2(CO1)c1cc(OC(F)(F)F)ccc1O[C@H]1CC[C@H](NC(=O)c3ccc(Cl)cn3)C[C@@H]12. The van der Waals surface area contributed by atoms with E-state index in [-0.39, 0.29) is 48.0 Å². The highest BCUT2D eigenvalue weighted by molar-refractivity contribution is 6.30. The van der Waals surface area contributed by atoms with Gasteiger partial charge in [0.05, 0.1) is 5.02 Å². The molecule has 3 N–H and O–H groups in total. The summed E-state index contributed by atoms with van der Waals surface area (Å²) in [7, 11) is 0. The Hall–Kier alpha value is -3.21. The summed E-state index contributed by atoms with van der Waals surface area (Å²) >= 11 is 5.84. The molecule has 1 saturated carbocycles. The van der Waals surface area contributed by atoms with Gasteiger partial charge in [0, 0.05) is 23.7 Å². The highest BCUT2D eigenvalue weighted by Crippen LogP contribution is 2.53. The quantitative estimate of drug-likeness (QED) is 0.673. The van der Waals surface area contributed by atoms with Crippen molar-refractivity contribution in [2.24, 2.45) is 16.6 Å². The Bertz CT molecular complexity index is 1140. The number of fused-ring (bicyclic) bond motifs is 4. The van der Waals surface area contributed by atoms with Gasteiger partial charge in [-0.3, -0.25) is 4.79 Å². The summed E-state index contributed by atoms with van der Waals surface area (Å²) in [6.07, 6.45) is -2.04. The molecule has 0 bridgehead atoms. The number of aromatic nitrogens is 1. The molecule has 0 unspecified atom stereocenters. The Morgan fingerprint density at radius 2 is 2.09 bits per heavy atom. The lowest BCUT2D eigenvalue weighted by Gasteiger charge is -2.48. The normalized spacial score (nSPS) is 27.6. The van der Waals surface area contributed by atoms with Gasteiger partial charge in [0.2, 0.25) is 0 Å². The molecule has 1 aromatic heterocycles. The van der Waals surface area contributed by atoms with Gasteiger partial charge in [0.25, 0.3) is 11.9 Å². The fraction of sp³-hybridized carbons (Fsp3) is 0.409. The smallest absolute Gasteiger partial charge is 0.490 e. The van der Waals surface area contributed by atoms with Crippen LogP contribution in [0.15, 0.2) is 41.5 Å². The molecule has 3 aliphatic rings. The molecule has 3 heterocycles. The monoisotopic (exact) mass is 496 g/mol. The number of nitrogens with two attached hydrogens (primary N) is 1. The van der Waals surface area contributed by atoms with Crippen molar-refractivity contribution in [2.45, 2.75) is 43.3 Å². The molecule has 0 saturated heterocycles. The number of hydrogen-bond acceptors (Lipinski definition) is 7. The highest BCUT2D eigenvalue weighted by Gasteiger charge is 2.56. The Labute approximate surface area is 197 Å². The molecule has 1 amide bonds. The summed E-state index contributed by atoms with van der Waals surface area (Å²) in [5.74, 6) is -0.634. The number of amidine groups is 1. The van der Waals surface area contributed by atoms with Crippen molar-refractivity contribution in [3.05, 3.63) is 52.8 Å². The number of alkyl halides is 3. The van der Waals surface area contributed by atoms with E-state index in [1.165, 1.54) is 30.5 Å². The second-order valence-corrected chi connectivity index (χ2v) is 8.91. The molecule has 2 aliphatic heterocycles. The van der Waals surface area contributed by atoms with Crippen molar-refractivity contribution in [1.82, 2.24) is 10.3 Å². The highest BCUT2D eigenvalue weighted by atomic mass is 35.5. The van der Waals surface area contributed by atoms with Crippen LogP contribution in [-0.2, 0) is 10.3 Å². The summed E-state index contributed by atoms with van der Waals surface area (Å²) in [6, 6.07) is 6.74. The van der Waals surface area contributed by atoms with E-state index in [1.807, 2.05) is 0 Å². The molecule has 180 valence electrons. The van der Waals surface area contributed by atoms with Gasteiger partial charge in [-0.05, 0) is 49.6 Å². The van der Waals surface area contributed by atoms with Gasteiger partial charge in [-0.15, -0.1) is 13.2 Å². The number of benzene rings is 1. The van der Waals surface area contributed by atoms with Crippen molar-refractivity contribution in [1.29, 1.82) is 0 Å². The van der Waals surface area contributed by atoms with E-state index in [9.17, 15) is 18.0 Å². The number of nitrogens with one attached hydrogen (secondary N) is 1. The number of halogens is 4. The lowest BCUT2D eigenvalue weighted by Crippen LogP contribution is -2.54. The molecule has 8 nitrogen and oxygen atoms in total. The Kier molecular flexibility index (Phi) is 5.46. The summed E-state index contributed by atoms with van der Waals surface area (Å²) in [4.78, 5) is 21.3. The van der Waals surface area contributed by atoms with Crippen LogP contribution in [0.5, 0.6) is 11.5 Å². The van der Waals surface area contributed by atoms with Gasteiger partial charge in [-0.1, -0.05) is 11.6 Å². The van der Waals surface area contributed by atoms with Gasteiger partial charge in [-0.25, -0.2) is 9.98 Å². The molecule has 12 heteroatoms. The third-order valence-corrected chi connectivity index (χ3v) is 6.60. The van der Waals surface area contributed by atoms with Gasteiger partial charge in [0.15, 0.2) is 0 Å². The summed E-state index contributed by atoms with van der Waals surface area (Å²) in [5.41, 5.74) is 5.42. The lowest BCUT2D eigenvalue weighted by atomic mass is 9.67. The Balaban J connectivity index is 1.44. The van der Waals surface area contributed by atoms with E-state index in [0.29, 0.717) is 35.6 Å². The standard InChI is InChI=1S/C22H20ClF3N4O4/c23-11-1-4-16(28-9-11)19(31)29-12-2-5-17-14(7-12)21(10-32-20(27)30-21)15-8-13(34-22(24,25)26)3-6-18(15)33-17/h1,3-4,6,8-9,12,14,17H,2,5,7,10H2,(H2,27,30)(H,29,31)/t12-,14-,17-,21-/m0/s1. The van der Waals surface area contributed by atoms with Crippen molar-refractivity contribution in [2.75, 3.05) is 6.61 Å². The average Bonchev–Trinajstić information content (AvgIpc) is 3.16. The molecular formula is C22H20ClF3N4O4. The second kappa shape index (κ2) is 8.23. The van der Waals surface area contributed by atoms with Crippen LogP contribution in [0.3, 0.4) is 0 Å². The second-order valence-electron chi connectivity index (χ2n) is 8.48. The van der Waals surface area contributed by atoms with Crippen molar-refractivity contribution >= 4 is 23.5 Å². The zero-order valence-corrected chi connectivity index (χ0v) is 18.4. The molecule has 2 aromatic rings. The average molecular weight is 497 g/mol. The number of carbonyl (C=O) groups excluding carboxylic acids is 1. The summed E-state index contributed by atoms with van der Waals surface area (Å²) in [5, 5.41) is 3.40. The van der Waals surface area contributed by atoms with Crippen molar-refractivity contribution in [3.8, 4) is 11.5 Å². The Morgan fingerprint density at radius 1 is 1.26 bits per heavy atom. The maximum absolute atomic E-state index is 12.8. The topological polar surface area (TPSA) is 108 Å². The Morgan fingerprint density at radius 3 is 2.76 bits per heavy atom. The van der Waals surface area contributed by atoms with Crippen LogP contribution < -0.4 is 20.5 Å². The maximum atomic E-state index is 12.8. The number of hydrogen-bond donors (Lipinski definition) is 2. The predicted molar refractivity (Wildman–Crippen MR) is 115 cm³/mol. The molecule has 1 spiro atoms. The van der Waals surface area contributed by atoms with E-state index >= 15 is 0 Å². The maximum Gasteiger partial charge on any atom is 0.573 e. The number of amides is 1. The molecule has 5 rings (SSSR count). The van der Waals surface area contributed by atoms with Crippen LogP contribution in [0.2, 0.25) is 5.02 Å². The third kappa shape index (κ3) is 4.20. The van der Waals surface area contributed by atoms with Gasteiger partial charge in [-0.2, -0.15) is 0 Å². The number of nitrogens with zero attached hydrogens (tertiary/aromatic N) is 2.